The number of methoxy groups -OCH3 is 2. The molecular formula is C36H34FN5O6. The first-order valence-corrected chi connectivity index (χ1v) is 14.9. The standard InChI is InChI=1S/C27H28N4O4.C9H6FNO2/c1-27(2,16-30-26(33)21-15-29-24-20(21)6-5-13-28-24)18-8-10-19(11-9-18)31-25(32)17-7-12-22(34-3)23(14-17)35-4;10-6-2-1-3-7-8(6)5(4-11-7)9(12)13/h5-15H,16H2,1-4H3,(H,28,29)(H,30,33)(H,31,32);1-4,11H,(H,12,13). The van der Waals surface area contributed by atoms with E-state index in [1.54, 1.807) is 43.8 Å². The average Bonchev–Trinajstić information content (AvgIpc) is 3.73. The number of carbonyl (C=O) groups excluding carboxylic acids is 2. The number of ether oxygens (including phenoxy) is 2. The number of carbonyl (C=O) groups is 3. The third-order valence-corrected chi connectivity index (χ3v) is 7.84. The number of benzene rings is 3. The van der Waals surface area contributed by atoms with Crippen molar-refractivity contribution in [2.75, 3.05) is 26.1 Å². The molecule has 0 aliphatic rings. The maximum atomic E-state index is 13.2. The predicted molar refractivity (Wildman–Crippen MR) is 181 cm³/mol. The fourth-order valence-electron chi connectivity index (χ4n) is 5.14. The highest BCUT2D eigenvalue weighted by atomic mass is 19.1. The molecule has 0 spiro atoms. The number of aromatic nitrogens is 3. The number of hydrogen-bond acceptors (Lipinski definition) is 6. The lowest BCUT2D eigenvalue weighted by Crippen LogP contribution is -2.36. The van der Waals surface area contributed by atoms with Crippen LogP contribution in [-0.2, 0) is 5.41 Å². The topological polar surface area (TPSA) is 158 Å². The Labute approximate surface area is 275 Å². The highest BCUT2D eigenvalue weighted by Gasteiger charge is 2.23. The minimum Gasteiger partial charge on any atom is -0.493 e. The van der Waals surface area contributed by atoms with Gasteiger partial charge < -0.3 is 35.2 Å². The van der Waals surface area contributed by atoms with E-state index in [0.717, 1.165) is 10.9 Å². The molecule has 48 heavy (non-hydrogen) atoms. The zero-order valence-corrected chi connectivity index (χ0v) is 26.7. The number of aromatic carboxylic acids is 1. The third-order valence-electron chi connectivity index (χ3n) is 7.84. The fourth-order valence-corrected chi connectivity index (χ4v) is 5.14. The molecule has 0 saturated heterocycles. The molecule has 0 fully saturated rings. The van der Waals surface area contributed by atoms with Gasteiger partial charge in [-0.2, -0.15) is 0 Å². The summed E-state index contributed by atoms with van der Waals surface area (Å²) in [6.07, 6.45) is 4.65. The molecule has 3 aromatic carbocycles. The van der Waals surface area contributed by atoms with Crippen molar-refractivity contribution in [1.82, 2.24) is 20.3 Å². The molecule has 246 valence electrons. The second kappa shape index (κ2) is 14.1. The van der Waals surface area contributed by atoms with Gasteiger partial charge in [0.15, 0.2) is 11.5 Å². The first kappa shape index (κ1) is 33.2. The van der Waals surface area contributed by atoms with Gasteiger partial charge in [0, 0.05) is 58.1 Å². The van der Waals surface area contributed by atoms with Crippen LogP contribution in [0.1, 0.15) is 50.5 Å². The number of hydrogen-bond donors (Lipinski definition) is 5. The van der Waals surface area contributed by atoms with E-state index in [0.29, 0.717) is 46.0 Å². The Hall–Kier alpha value is -6.17. The van der Waals surface area contributed by atoms with Crippen LogP contribution in [0, 0.1) is 5.82 Å². The minimum absolute atomic E-state index is 0.0342. The van der Waals surface area contributed by atoms with E-state index in [4.69, 9.17) is 14.6 Å². The SMILES string of the molecule is COc1ccc(C(=O)Nc2ccc(C(C)(C)CNC(=O)c3c[nH]c4ncccc34)cc2)cc1OC.O=C(O)c1c[nH]c2cccc(F)c12. The molecule has 11 nitrogen and oxygen atoms in total. The average molecular weight is 652 g/mol. The van der Waals surface area contributed by atoms with Gasteiger partial charge in [0.1, 0.15) is 11.5 Å². The van der Waals surface area contributed by atoms with Gasteiger partial charge in [0.2, 0.25) is 0 Å². The largest absolute Gasteiger partial charge is 0.493 e. The van der Waals surface area contributed by atoms with Crippen LogP contribution < -0.4 is 20.1 Å². The number of amides is 2. The highest BCUT2D eigenvalue weighted by Crippen LogP contribution is 2.29. The number of anilines is 1. The predicted octanol–water partition coefficient (Wildman–Crippen LogP) is 6.55. The Morgan fingerprint density at radius 2 is 1.60 bits per heavy atom. The minimum atomic E-state index is -1.13. The van der Waals surface area contributed by atoms with E-state index in [9.17, 15) is 18.8 Å². The maximum Gasteiger partial charge on any atom is 0.337 e. The molecule has 0 aliphatic heterocycles. The van der Waals surface area contributed by atoms with E-state index >= 15 is 0 Å². The lowest BCUT2D eigenvalue weighted by Gasteiger charge is -2.26. The molecular weight excluding hydrogens is 617 g/mol. The third kappa shape index (κ3) is 7.12. The molecule has 0 saturated carbocycles. The maximum absolute atomic E-state index is 13.2. The molecule has 0 bridgehead atoms. The number of halogens is 1. The Morgan fingerprint density at radius 1 is 0.875 bits per heavy atom. The smallest absolute Gasteiger partial charge is 0.337 e. The van der Waals surface area contributed by atoms with Crippen molar-refractivity contribution in [2.45, 2.75) is 19.3 Å². The van der Waals surface area contributed by atoms with Crippen LogP contribution in [0.4, 0.5) is 10.1 Å². The molecule has 0 aliphatic carbocycles. The molecule has 0 atom stereocenters. The lowest BCUT2D eigenvalue weighted by molar-refractivity contribution is 0.0698. The summed E-state index contributed by atoms with van der Waals surface area (Å²) >= 11 is 0. The van der Waals surface area contributed by atoms with Crippen molar-refractivity contribution in [3.05, 3.63) is 119 Å². The van der Waals surface area contributed by atoms with Crippen LogP contribution in [0.25, 0.3) is 21.9 Å². The lowest BCUT2D eigenvalue weighted by atomic mass is 9.84. The molecule has 6 aromatic rings. The molecule has 6 rings (SSSR count). The number of rotatable bonds is 9. The number of carboxylic acid groups (broad SMARTS) is 1. The Kier molecular flexibility index (Phi) is 9.74. The van der Waals surface area contributed by atoms with Gasteiger partial charge in [-0.25, -0.2) is 14.2 Å². The van der Waals surface area contributed by atoms with Crippen LogP contribution >= 0.6 is 0 Å². The van der Waals surface area contributed by atoms with E-state index < -0.39 is 11.8 Å². The zero-order valence-electron chi connectivity index (χ0n) is 26.7. The van der Waals surface area contributed by atoms with Crippen LogP contribution in [0.15, 0.2) is 91.4 Å². The summed E-state index contributed by atoms with van der Waals surface area (Å²) in [7, 11) is 3.08. The number of carboxylic acids is 1. The normalized spacial score (nSPS) is 11.0. The monoisotopic (exact) mass is 651 g/mol. The van der Waals surface area contributed by atoms with Gasteiger partial charge in [0.05, 0.1) is 25.3 Å². The van der Waals surface area contributed by atoms with Gasteiger partial charge in [0.25, 0.3) is 11.8 Å². The van der Waals surface area contributed by atoms with E-state index in [-0.39, 0.29) is 28.2 Å². The van der Waals surface area contributed by atoms with Gasteiger partial charge in [-0.05, 0) is 60.2 Å². The summed E-state index contributed by atoms with van der Waals surface area (Å²) in [4.78, 5) is 46.0. The molecule has 0 unspecified atom stereocenters. The van der Waals surface area contributed by atoms with E-state index in [1.165, 1.54) is 25.4 Å². The van der Waals surface area contributed by atoms with Crippen molar-refractivity contribution in [3.8, 4) is 11.5 Å². The first-order valence-electron chi connectivity index (χ1n) is 14.9. The molecule has 3 aromatic heterocycles. The van der Waals surface area contributed by atoms with Gasteiger partial charge in [-0.3, -0.25) is 9.59 Å². The summed E-state index contributed by atoms with van der Waals surface area (Å²) in [5.74, 6) is -1.01. The summed E-state index contributed by atoms with van der Waals surface area (Å²) < 4.78 is 23.7. The Morgan fingerprint density at radius 3 is 2.31 bits per heavy atom. The number of aromatic amines is 2. The number of H-pyrrole nitrogens is 2. The van der Waals surface area contributed by atoms with Crippen LogP contribution in [0.5, 0.6) is 11.5 Å². The zero-order chi connectivity index (χ0) is 34.4. The first-order chi connectivity index (χ1) is 23.0. The molecule has 3 heterocycles. The van der Waals surface area contributed by atoms with Crippen molar-refractivity contribution in [3.63, 3.8) is 0 Å². The van der Waals surface area contributed by atoms with Gasteiger partial charge in [-0.1, -0.05) is 32.0 Å². The second-order valence-electron chi connectivity index (χ2n) is 11.4. The number of pyridine rings is 1. The van der Waals surface area contributed by atoms with Crippen LogP contribution in [0.3, 0.4) is 0 Å². The van der Waals surface area contributed by atoms with Crippen LogP contribution in [0.2, 0.25) is 0 Å². The van der Waals surface area contributed by atoms with Gasteiger partial charge >= 0.3 is 5.97 Å². The second-order valence-corrected chi connectivity index (χ2v) is 11.4. The summed E-state index contributed by atoms with van der Waals surface area (Å²) in [6, 6.07) is 20.7. The molecule has 12 heteroatoms. The summed E-state index contributed by atoms with van der Waals surface area (Å²) in [5.41, 5.74) is 3.54. The number of nitrogens with one attached hydrogen (secondary N) is 4. The summed E-state index contributed by atoms with van der Waals surface area (Å²) in [5, 5.41) is 15.6. The molecule has 2 amide bonds. The van der Waals surface area contributed by atoms with Crippen LogP contribution in [-0.4, -0.2) is 58.6 Å². The highest BCUT2D eigenvalue weighted by molar-refractivity contribution is 6.06. The Balaban J connectivity index is 0.000000288. The van der Waals surface area contributed by atoms with Crippen molar-refractivity contribution in [1.29, 1.82) is 0 Å². The van der Waals surface area contributed by atoms with E-state index in [2.05, 4.69) is 39.4 Å². The Bertz CT molecular complexity index is 2100. The van der Waals surface area contributed by atoms with Crippen molar-refractivity contribution < 1.29 is 33.4 Å². The number of fused-ring (bicyclic) bond motifs is 2. The quantitative estimate of drug-likeness (QED) is 0.119. The van der Waals surface area contributed by atoms with Crippen molar-refractivity contribution >= 4 is 45.4 Å². The van der Waals surface area contributed by atoms with E-state index in [1.807, 2.05) is 36.4 Å². The number of nitrogens with zero attached hydrogens (tertiary/aromatic N) is 1. The molecule has 5 N–H and O–H groups in total. The molecule has 0 radical (unpaired) electrons. The fraction of sp³-hybridized carbons (Fsp3) is 0.167. The summed E-state index contributed by atoms with van der Waals surface area (Å²) in [6.45, 7) is 4.55. The van der Waals surface area contributed by atoms with Crippen molar-refractivity contribution in [2.24, 2.45) is 0 Å². The van der Waals surface area contributed by atoms with Gasteiger partial charge in [-0.15, -0.1) is 0 Å².